The quantitative estimate of drug-likeness (QED) is 0.706. The minimum absolute atomic E-state index is 1.09. The van der Waals surface area contributed by atoms with Crippen LogP contribution in [0.4, 0.5) is 0 Å². The number of benzene rings is 2. The van der Waals surface area contributed by atoms with Gasteiger partial charge >= 0.3 is 0 Å². The van der Waals surface area contributed by atoms with Crippen molar-refractivity contribution in [2.45, 2.75) is 6.92 Å². The zero-order valence-corrected chi connectivity index (χ0v) is 9.51. The van der Waals surface area contributed by atoms with Crippen LogP contribution >= 0.6 is 15.9 Å². The molecular formula is C13H10Br. The van der Waals surface area contributed by atoms with E-state index in [1.54, 1.807) is 0 Å². The van der Waals surface area contributed by atoms with Gasteiger partial charge in [0.15, 0.2) is 0 Å². The van der Waals surface area contributed by atoms with E-state index in [1.807, 2.05) is 12.1 Å². The summed E-state index contributed by atoms with van der Waals surface area (Å²) in [5, 5.41) is 0. The molecule has 0 aromatic heterocycles. The Labute approximate surface area is 92.7 Å². The van der Waals surface area contributed by atoms with Crippen LogP contribution in [0.2, 0.25) is 0 Å². The summed E-state index contributed by atoms with van der Waals surface area (Å²) in [6.45, 7) is 2.09. The van der Waals surface area contributed by atoms with E-state index >= 15 is 0 Å². The fourth-order valence-corrected chi connectivity index (χ4v) is 1.87. The molecular weight excluding hydrogens is 236 g/mol. The van der Waals surface area contributed by atoms with E-state index in [0.29, 0.717) is 0 Å². The maximum atomic E-state index is 3.52. The maximum Gasteiger partial charge on any atom is 0.0259 e. The van der Waals surface area contributed by atoms with E-state index in [4.69, 9.17) is 0 Å². The summed E-state index contributed by atoms with van der Waals surface area (Å²) >= 11 is 3.52. The SMILES string of the molecule is Cc1ccc(-c2cc[c]cc2Br)cc1. The van der Waals surface area contributed by atoms with Gasteiger partial charge in [-0.3, -0.25) is 0 Å². The van der Waals surface area contributed by atoms with E-state index in [1.165, 1.54) is 16.7 Å². The molecule has 0 atom stereocenters. The number of hydrogen-bond acceptors (Lipinski definition) is 0. The lowest BCUT2D eigenvalue weighted by Crippen LogP contribution is -1.79. The summed E-state index contributed by atoms with van der Waals surface area (Å²) in [6.07, 6.45) is 0. The normalized spacial score (nSPS) is 10.1. The molecule has 0 saturated carbocycles. The third kappa shape index (κ3) is 1.88. The molecule has 14 heavy (non-hydrogen) atoms. The van der Waals surface area contributed by atoms with Gasteiger partial charge in [-0.05, 0) is 30.2 Å². The smallest absolute Gasteiger partial charge is 0.0259 e. The first-order chi connectivity index (χ1) is 6.77. The topological polar surface area (TPSA) is 0 Å². The molecule has 0 aliphatic carbocycles. The van der Waals surface area contributed by atoms with Crippen LogP contribution in [0, 0.1) is 13.0 Å². The van der Waals surface area contributed by atoms with E-state index in [-0.39, 0.29) is 0 Å². The summed E-state index contributed by atoms with van der Waals surface area (Å²) in [7, 11) is 0. The van der Waals surface area contributed by atoms with Gasteiger partial charge in [0.25, 0.3) is 0 Å². The Morgan fingerprint density at radius 3 is 2.43 bits per heavy atom. The Balaban J connectivity index is 2.50. The molecule has 1 radical (unpaired) electrons. The van der Waals surface area contributed by atoms with Gasteiger partial charge in [-0.2, -0.15) is 0 Å². The monoisotopic (exact) mass is 245 g/mol. The first-order valence-corrected chi connectivity index (χ1v) is 5.29. The Morgan fingerprint density at radius 1 is 1.07 bits per heavy atom. The molecule has 0 unspecified atom stereocenters. The molecule has 0 spiro atoms. The van der Waals surface area contributed by atoms with Gasteiger partial charge in [0, 0.05) is 4.47 Å². The highest BCUT2D eigenvalue weighted by Crippen LogP contribution is 2.27. The van der Waals surface area contributed by atoms with Crippen LogP contribution in [0.5, 0.6) is 0 Å². The summed E-state index contributed by atoms with van der Waals surface area (Å²) in [4.78, 5) is 0. The summed E-state index contributed by atoms with van der Waals surface area (Å²) in [6, 6.07) is 17.5. The number of halogens is 1. The largest absolute Gasteiger partial charge is 0.0587 e. The zero-order valence-electron chi connectivity index (χ0n) is 7.92. The molecule has 0 bridgehead atoms. The standard InChI is InChI=1S/C13H10Br/c1-10-6-8-11(9-7-10)12-4-2-3-5-13(12)14/h2,4-9H,1H3. The Hall–Kier alpha value is -1.08. The highest BCUT2D eigenvalue weighted by molar-refractivity contribution is 9.10. The third-order valence-corrected chi connectivity index (χ3v) is 2.83. The van der Waals surface area contributed by atoms with E-state index in [0.717, 1.165) is 4.47 Å². The van der Waals surface area contributed by atoms with Crippen molar-refractivity contribution in [2.75, 3.05) is 0 Å². The minimum atomic E-state index is 1.09. The average molecular weight is 246 g/mol. The third-order valence-electron chi connectivity index (χ3n) is 2.18. The highest BCUT2D eigenvalue weighted by Gasteiger charge is 2.00. The summed E-state index contributed by atoms with van der Waals surface area (Å²) in [5.41, 5.74) is 3.73. The molecule has 2 rings (SSSR count). The second-order valence-corrected chi connectivity index (χ2v) is 4.13. The van der Waals surface area contributed by atoms with E-state index in [2.05, 4.69) is 59.3 Å². The van der Waals surface area contributed by atoms with E-state index < -0.39 is 0 Å². The molecule has 0 heterocycles. The lowest BCUT2D eigenvalue weighted by atomic mass is 10.0. The van der Waals surface area contributed by atoms with Crippen LogP contribution in [-0.2, 0) is 0 Å². The van der Waals surface area contributed by atoms with Crippen LogP contribution < -0.4 is 0 Å². The zero-order chi connectivity index (χ0) is 9.97. The van der Waals surface area contributed by atoms with Crippen molar-refractivity contribution in [3.63, 3.8) is 0 Å². The van der Waals surface area contributed by atoms with Gasteiger partial charge in [0.2, 0.25) is 0 Å². The van der Waals surface area contributed by atoms with Crippen molar-refractivity contribution >= 4 is 15.9 Å². The molecule has 0 N–H and O–H groups in total. The molecule has 2 aromatic carbocycles. The number of aryl methyl sites for hydroxylation is 1. The summed E-state index contributed by atoms with van der Waals surface area (Å²) in [5.74, 6) is 0. The van der Waals surface area contributed by atoms with Crippen LogP contribution in [0.1, 0.15) is 5.56 Å². The predicted molar refractivity (Wildman–Crippen MR) is 63.2 cm³/mol. The van der Waals surface area contributed by atoms with Crippen molar-refractivity contribution < 1.29 is 0 Å². The van der Waals surface area contributed by atoms with Gasteiger partial charge < -0.3 is 0 Å². The lowest BCUT2D eigenvalue weighted by molar-refractivity contribution is 1.46. The molecule has 0 aliphatic heterocycles. The Morgan fingerprint density at radius 2 is 1.79 bits per heavy atom. The van der Waals surface area contributed by atoms with Gasteiger partial charge in [-0.15, -0.1) is 0 Å². The van der Waals surface area contributed by atoms with Crippen LogP contribution in [-0.4, -0.2) is 0 Å². The van der Waals surface area contributed by atoms with Gasteiger partial charge in [-0.25, -0.2) is 0 Å². The van der Waals surface area contributed by atoms with Gasteiger partial charge in [0.05, 0.1) is 0 Å². The van der Waals surface area contributed by atoms with Crippen molar-refractivity contribution in [2.24, 2.45) is 0 Å². The predicted octanol–water partition coefficient (Wildman–Crippen LogP) is 4.22. The number of rotatable bonds is 1. The Kier molecular flexibility index (Phi) is 2.69. The molecule has 1 heteroatoms. The molecule has 69 valence electrons. The van der Waals surface area contributed by atoms with Gasteiger partial charge in [0.1, 0.15) is 0 Å². The van der Waals surface area contributed by atoms with Crippen molar-refractivity contribution in [3.05, 3.63) is 58.6 Å². The highest BCUT2D eigenvalue weighted by atomic mass is 79.9. The fraction of sp³-hybridized carbons (Fsp3) is 0.0769. The Bertz CT molecular complexity index is 429. The van der Waals surface area contributed by atoms with Crippen molar-refractivity contribution in [3.8, 4) is 11.1 Å². The molecule has 0 amide bonds. The van der Waals surface area contributed by atoms with Crippen LogP contribution in [0.3, 0.4) is 0 Å². The molecule has 0 fully saturated rings. The summed E-state index contributed by atoms with van der Waals surface area (Å²) < 4.78 is 1.09. The van der Waals surface area contributed by atoms with Crippen LogP contribution in [0.15, 0.2) is 46.9 Å². The van der Waals surface area contributed by atoms with Crippen LogP contribution in [0.25, 0.3) is 11.1 Å². The lowest BCUT2D eigenvalue weighted by Gasteiger charge is -2.04. The molecule has 0 aliphatic rings. The first kappa shape index (κ1) is 9.47. The molecule has 0 nitrogen and oxygen atoms in total. The average Bonchev–Trinajstić information content (AvgIpc) is 2.20. The molecule has 0 saturated heterocycles. The first-order valence-electron chi connectivity index (χ1n) is 4.50. The van der Waals surface area contributed by atoms with Gasteiger partial charge in [-0.1, -0.05) is 57.9 Å². The number of hydrogen-bond donors (Lipinski definition) is 0. The van der Waals surface area contributed by atoms with Crippen molar-refractivity contribution in [1.82, 2.24) is 0 Å². The second kappa shape index (κ2) is 3.97. The second-order valence-electron chi connectivity index (χ2n) is 3.27. The minimum Gasteiger partial charge on any atom is -0.0587 e. The molecule has 2 aromatic rings. The van der Waals surface area contributed by atoms with E-state index in [9.17, 15) is 0 Å². The fourth-order valence-electron chi connectivity index (χ4n) is 1.38. The van der Waals surface area contributed by atoms with Crippen molar-refractivity contribution in [1.29, 1.82) is 0 Å². The maximum absolute atomic E-state index is 3.52.